The fourth-order valence-electron chi connectivity index (χ4n) is 2.00. The van der Waals surface area contributed by atoms with Gasteiger partial charge < -0.3 is 15.2 Å². The van der Waals surface area contributed by atoms with Crippen LogP contribution in [-0.2, 0) is 11.3 Å². The van der Waals surface area contributed by atoms with Crippen LogP contribution in [0.4, 0.5) is 0 Å². The Hall–Kier alpha value is -0.420. The molecular formula is C11H17NO2S. The first-order valence-electron chi connectivity index (χ1n) is 5.19. The molecule has 3 nitrogen and oxygen atoms in total. The van der Waals surface area contributed by atoms with Gasteiger partial charge in [0.05, 0.1) is 12.7 Å². The summed E-state index contributed by atoms with van der Waals surface area (Å²) in [5.74, 6) is 0. The Morgan fingerprint density at radius 2 is 2.47 bits per heavy atom. The van der Waals surface area contributed by atoms with E-state index in [0.717, 1.165) is 19.4 Å². The van der Waals surface area contributed by atoms with E-state index in [0.29, 0.717) is 6.10 Å². The van der Waals surface area contributed by atoms with Crippen molar-refractivity contribution in [3.63, 3.8) is 0 Å². The molecule has 1 saturated carbocycles. The second kappa shape index (κ2) is 4.61. The number of methoxy groups -OCH3 is 1. The Labute approximate surface area is 94.1 Å². The summed E-state index contributed by atoms with van der Waals surface area (Å²) in [6.45, 7) is 1.03. The number of rotatable bonds is 5. The molecule has 1 aliphatic rings. The summed E-state index contributed by atoms with van der Waals surface area (Å²) in [5, 5.41) is 14.9. The van der Waals surface area contributed by atoms with Crippen molar-refractivity contribution >= 4 is 11.3 Å². The highest BCUT2D eigenvalue weighted by Gasteiger charge is 2.43. The molecule has 15 heavy (non-hydrogen) atoms. The first-order chi connectivity index (χ1) is 7.28. The lowest BCUT2D eigenvalue weighted by molar-refractivity contribution is -0.0531. The fourth-order valence-corrected chi connectivity index (χ4v) is 2.64. The first kappa shape index (κ1) is 11.1. The standard InChI is InChI=1S/C11H17NO2S/c1-14-9-5-11(6-9,8-13)12-7-10-3-2-4-15-10/h2-4,9,12-13H,5-8H2,1H3. The quantitative estimate of drug-likeness (QED) is 0.798. The number of thiophene rings is 1. The lowest BCUT2D eigenvalue weighted by atomic mass is 9.74. The molecule has 1 aromatic rings. The van der Waals surface area contributed by atoms with Crippen molar-refractivity contribution in [1.29, 1.82) is 0 Å². The average molecular weight is 227 g/mol. The van der Waals surface area contributed by atoms with Gasteiger partial charge in [0.1, 0.15) is 0 Å². The molecule has 0 bridgehead atoms. The maximum absolute atomic E-state index is 9.36. The number of hydrogen-bond donors (Lipinski definition) is 2. The molecule has 0 saturated heterocycles. The van der Waals surface area contributed by atoms with Crippen molar-refractivity contribution in [2.45, 2.75) is 31.0 Å². The largest absolute Gasteiger partial charge is 0.394 e. The van der Waals surface area contributed by atoms with Crippen molar-refractivity contribution in [3.8, 4) is 0 Å². The predicted octanol–water partition coefficient (Wildman–Crippen LogP) is 1.38. The number of nitrogens with one attached hydrogen (secondary N) is 1. The Kier molecular flexibility index (Phi) is 3.41. The molecule has 1 aliphatic carbocycles. The summed E-state index contributed by atoms with van der Waals surface area (Å²) >= 11 is 1.74. The molecule has 0 radical (unpaired) electrons. The fraction of sp³-hybridized carbons (Fsp3) is 0.636. The van der Waals surface area contributed by atoms with Crippen LogP contribution >= 0.6 is 11.3 Å². The van der Waals surface area contributed by atoms with E-state index < -0.39 is 0 Å². The highest BCUT2D eigenvalue weighted by molar-refractivity contribution is 7.09. The molecule has 2 rings (SSSR count). The van der Waals surface area contributed by atoms with Crippen molar-refractivity contribution in [1.82, 2.24) is 5.32 Å². The Bertz CT molecular complexity index is 294. The molecule has 1 aromatic heterocycles. The van der Waals surface area contributed by atoms with Crippen LogP contribution in [0.3, 0.4) is 0 Å². The Balaban J connectivity index is 1.82. The summed E-state index contributed by atoms with van der Waals surface area (Å²) < 4.78 is 5.23. The van der Waals surface area contributed by atoms with E-state index in [9.17, 15) is 5.11 Å². The summed E-state index contributed by atoms with van der Waals surface area (Å²) in [7, 11) is 1.73. The minimum absolute atomic E-state index is 0.106. The van der Waals surface area contributed by atoms with E-state index in [1.54, 1.807) is 18.4 Å². The summed E-state index contributed by atoms with van der Waals surface area (Å²) in [6, 6.07) is 4.15. The molecule has 0 unspecified atom stereocenters. The third kappa shape index (κ3) is 2.39. The summed E-state index contributed by atoms with van der Waals surface area (Å²) in [5.41, 5.74) is -0.106. The SMILES string of the molecule is COC1CC(CO)(NCc2cccs2)C1. The van der Waals surface area contributed by atoms with Gasteiger partial charge in [0.15, 0.2) is 0 Å². The van der Waals surface area contributed by atoms with Crippen molar-refractivity contribution in [2.24, 2.45) is 0 Å². The number of ether oxygens (including phenoxy) is 1. The molecule has 0 amide bonds. The van der Waals surface area contributed by atoms with Gasteiger partial charge in [-0.1, -0.05) is 6.07 Å². The topological polar surface area (TPSA) is 41.5 Å². The van der Waals surface area contributed by atoms with E-state index in [-0.39, 0.29) is 12.1 Å². The predicted molar refractivity (Wildman–Crippen MR) is 61.0 cm³/mol. The molecule has 0 spiro atoms. The smallest absolute Gasteiger partial charge is 0.0615 e. The van der Waals surface area contributed by atoms with E-state index in [4.69, 9.17) is 4.74 Å². The molecule has 4 heteroatoms. The van der Waals surface area contributed by atoms with Crippen LogP contribution < -0.4 is 5.32 Å². The van der Waals surface area contributed by atoms with Crippen LogP contribution in [0.2, 0.25) is 0 Å². The zero-order valence-corrected chi connectivity index (χ0v) is 9.72. The van der Waals surface area contributed by atoms with E-state index in [1.165, 1.54) is 4.88 Å². The lowest BCUT2D eigenvalue weighted by Crippen LogP contribution is -2.60. The van der Waals surface area contributed by atoms with Gasteiger partial charge in [-0.25, -0.2) is 0 Å². The summed E-state index contributed by atoms with van der Waals surface area (Å²) in [4.78, 5) is 1.31. The zero-order valence-electron chi connectivity index (χ0n) is 8.90. The van der Waals surface area contributed by atoms with Gasteiger partial charge in [-0.05, 0) is 24.3 Å². The van der Waals surface area contributed by atoms with Crippen molar-refractivity contribution < 1.29 is 9.84 Å². The molecule has 1 heterocycles. The second-order valence-electron chi connectivity index (χ2n) is 4.14. The van der Waals surface area contributed by atoms with Crippen LogP contribution in [0.5, 0.6) is 0 Å². The average Bonchev–Trinajstić information content (AvgIpc) is 2.70. The third-order valence-electron chi connectivity index (χ3n) is 3.09. The van der Waals surface area contributed by atoms with Gasteiger partial charge >= 0.3 is 0 Å². The Morgan fingerprint density at radius 1 is 1.67 bits per heavy atom. The lowest BCUT2D eigenvalue weighted by Gasteiger charge is -2.46. The molecular weight excluding hydrogens is 210 g/mol. The molecule has 84 valence electrons. The number of hydrogen-bond acceptors (Lipinski definition) is 4. The monoisotopic (exact) mass is 227 g/mol. The van der Waals surface area contributed by atoms with E-state index in [1.807, 2.05) is 6.07 Å². The van der Waals surface area contributed by atoms with E-state index in [2.05, 4.69) is 16.8 Å². The van der Waals surface area contributed by atoms with Gasteiger partial charge in [-0.2, -0.15) is 0 Å². The summed E-state index contributed by atoms with van der Waals surface area (Å²) in [6.07, 6.45) is 2.13. The maximum atomic E-state index is 9.36. The van der Waals surface area contributed by atoms with Crippen LogP contribution in [0, 0.1) is 0 Å². The third-order valence-corrected chi connectivity index (χ3v) is 3.97. The van der Waals surface area contributed by atoms with E-state index >= 15 is 0 Å². The van der Waals surface area contributed by atoms with Crippen LogP contribution in [-0.4, -0.2) is 30.5 Å². The molecule has 0 aromatic carbocycles. The van der Waals surface area contributed by atoms with Crippen LogP contribution in [0.15, 0.2) is 17.5 Å². The van der Waals surface area contributed by atoms with Gasteiger partial charge in [0, 0.05) is 24.1 Å². The highest BCUT2D eigenvalue weighted by atomic mass is 32.1. The second-order valence-corrected chi connectivity index (χ2v) is 5.17. The molecule has 1 fully saturated rings. The van der Waals surface area contributed by atoms with Crippen LogP contribution in [0.1, 0.15) is 17.7 Å². The maximum Gasteiger partial charge on any atom is 0.0615 e. The Morgan fingerprint density at radius 3 is 3.00 bits per heavy atom. The van der Waals surface area contributed by atoms with Gasteiger partial charge in [-0.3, -0.25) is 0 Å². The zero-order chi connectivity index (χ0) is 10.7. The molecule has 2 N–H and O–H groups in total. The first-order valence-corrected chi connectivity index (χ1v) is 6.07. The number of aliphatic hydroxyl groups excluding tert-OH is 1. The van der Waals surface area contributed by atoms with Gasteiger partial charge in [-0.15, -0.1) is 11.3 Å². The number of aliphatic hydroxyl groups is 1. The van der Waals surface area contributed by atoms with Gasteiger partial charge in [0.25, 0.3) is 0 Å². The molecule has 0 aliphatic heterocycles. The van der Waals surface area contributed by atoms with Crippen LogP contribution in [0.25, 0.3) is 0 Å². The highest BCUT2D eigenvalue weighted by Crippen LogP contribution is 2.34. The minimum Gasteiger partial charge on any atom is -0.394 e. The molecule has 0 atom stereocenters. The van der Waals surface area contributed by atoms with Crippen molar-refractivity contribution in [3.05, 3.63) is 22.4 Å². The minimum atomic E-state index is -0.106. The normalized spacial score (nSPS) is 30.1. The van der Waals surface area contributed by atoms with Gasteiger partial charge in [0.2, 0.25) is 0 Å². The van der Waals surface area contributed by atoms with Crippen molar-refractivity contribution in [2.75, 3.05) is 13.7 Å².